The lowest BCUT2D eigenvalue weighted by atomic mass is 9.69. The van der Waals surface area contributed by atoms with Crippen molar-refractivity contribution in [2.24, 2.45) is 17.3 Å². The van der Waals surface area contributed by atoms with E-state index in [4.69, 9.17) is 4.74 Å². The van der Waals surface area contributed by atoms with Crippen molar-refractivity contribution in [2.45, 2.75) is 59.2 Å². The molecule has 1 unspecified atom stereocenters. The Hall–Kier alpha value is -1.41. The van der Waals surface area contributed by atoms with E-state index in [1.807, 2.05) is 24.3 Å². The molecule has 0 amide bonds. The van der Waals surface area contributed by atoms with Gasteiger partial charge in [0.15, 0.2) is 0 Å². The smallest absolute Gasteiger partial charge is 0.130 e. The predicted octanol–water partition coefficient (Wildman–Crippen LogP) is 5.18. The lowest BCUT2D eigenvalue weighted by molar-refractivity contribution is -0.118. The molecule has 1 aliphatic rings. The molecule has 0 N–H and O–H groups in total. The SMILES string of the molecule is C=CC[C@]1(C)C(OCc2ccccc2)CC[C@H]1[C@@H](C)CC(C)=O. The van der Waals surface area contributed by atoms with Crippen LogP contribution in [0.25, 0.3) is 0 Å². The van der Waals surface area contributed by atoms with E-state index in [-0.39, 0.29) is 17.3 Å². The molecular weight excluding hydrogens is 284 g/mol. The second-order valence-electron chi connectivity index (χ2n) is 7.35. The molecule has 1 aromatic carbocycles. The number of Topliss-reactive ketones (excluding diaryl/α,β-unsaturated/α-hetero) is 1. The Morgan fingerprint density at radius 2 is 2.09 bits per heavy atom. The van der Waals surface area contributed by atoms with Gasteiger partial charge in [-0.3, -0.25) is 0 Å². The van der Waals surface area contributed by atoms with Crippen LogP contribution < -0.4 is 0 Å². The highest BCUT2D eigenvalue weighted by Gasteiger charge is 2.48. The zero-order valence-corrected chi connectivity index (χ0v) is 14.8. The number of benzene rings is 1. The van der Waals surface area contributed by atoms with E-state index >= 15 is 0 Å². The summed E-state index contributed by atoms with van der Waals surface area (Å²) in [4.78, 5) is 11.5. The first-order valence-electron chi connectivity index (χ1n) is 8.73. The number of ether oxygens (including phenoxy) is 1. The number of carbonyl (C=O) groups is 1. The average Bonchev–Trinajstić information content (AvgIpc) is 2.82. The molecule has 1 fully saturated rings. The van der Waals surface area contributed by atoms with Crippen LogP contribution in [0.4, 0.5) is 0 Å². The van der Waals surface area contributed by atoms with Crippen LogP contribution in [0, 0.1) is 17.3 Å². The number of hydrogen-bond acceptors (Lipinski definition) is 2. The van der Waals surface area contributed by atoms with Crippen molar-refractivity contribution in [3.8, 4) is 0 Å². The van der Waals surface area contributed by atoms with Crippen LogP contribution in [0.15, 0.2) is 43.0 Å². The average molecular weight is 314 g/mol. The number of ketones is 1. The van der Waals surface area contributed by atoms with Crippen molar-refractivity contribution in [1.29, 1.82) is 0 Å². The molecule has 0 aliphatic heterocycles. The van der Waals surface area contributed by atoms with E-state index in [2.05, 4.69) is 32.6 Å². The van der Waals surface area contributed by atoms with Crippen molar-refractivity contribution in [2.75, 3.05) is 0 Å². The molecular formula is C21H30O2. The zero-order chi connectivity index (χ0) is 16.9. The molecule has 23 heavy (non-hydrogen) atoms. The molecule has 0 radical (unpaired) electrons. The van der Waals surface area contributed by atoms with E-state index < -0.39 is 0 Å². The molecule has 0 bridgehead atoms. The summed E-state index contributed by atoms with van der Waals surface area (Å²) in [5.41, 5.74) is 1.29. The highest BCUT2D eigenvalue weighted by molar-refractivity contribution is 5.75. The van der Waals surface area contributed by atoms with Crippen molar-refractivity contribution in [3.63, 3.8) is 0 Å². The van der Waals surface area contributed by atoms with Crippen LogP contribution in [0.5, 0.6) is 0 Å². The second-order valence-corrected chi connectivity index (χ2v) is 7.35. The fraction of sp³-hybridized carbons (Fsp3) is 0.571. The van der Waals surface area contributed by atoms with Crippen molar-refractivity contribution >= 4 is 5.78 Å². The lowest BCUT2D eigenvalue weighted by Gasteiger charge is -2.39. The number of hydrogen-bond donors (Lipinski definition) is 0. The van der Waals surface area contributed by atoms with Crippen molar-refractivity contribution in [3.05, 3.63) is 48.6 Å². The van der Waals surface area contributed by atoms with E-state index in [1.54, 1.807) is 6.92 Å². The van der Waals surface area contributed by atoms with E-state index in [9.17, 15) is 4.79 Å². The Balaban J connectivity index is 2.07. The summed E-state index contributed by atoms with van der Waals surface area (Å²) in [6.07, 6.45) is 6.07. The van der Waals surface area contributed by atoms with Gasteiger partial charge in [0.25, 0.3) is 0 Å². The van der Waals surface area contributed by atoms with Gasteiger partial charge in [0.05, 0.1) is 12.7 Å². The van der Waals surface area contributed by atoms with Gasteiger partial charge >= 0.3 is 0 Å². The van der Waals surface area contributed by atoms with Crippen molar-refractivity contribution < 1.29 is 9.53 Å². The van der Waals surface area contributed by atoms with E-state index in [1.165, 1.54) is 5.56 Å². The number of carbonyl (C=O) groups excluding carboxylic acids is 1. The first-order valence-corrected chi connectivity index (χ1v) is 8.73. The predicted molar refractivity (Wildman–Crippen MR) is 95.1 cm³/mol. The fourth-order valence-electron chi connectivity index (χ4n) is 4.40. The standard InChI is InChI=1S/C21H30O2/c1-5-13-21(4)19(16(2)14-17(3)22)11-12-20(21)23-15-18-9-7-6-8-10-18/h5-10,16,19-20H,1,11-15H2,2-4H3/t16-,19-,20?,21-/m0/s1. The summed E-state index contributed by atoms with van der Waals surface area (Å²) >= 11 is 0. The summed E-state index contributed by atoms with van der Waals surface area (Å²) in [5, 5.41) is 0. The van der Waals surface area contributed by atoms with Gasteiger partial charge < -0.3 is 9.53 Å². The quantitative estimate of drug-likeness (QED) is 0.618. The Morgan fingerprint density at radius 3 is 2.70 bits per heavy atom. The summed E-state index contributed by atoms with van der Waals surface area (Å²) in [5.74, 6) is 1.21. The minimum Gasteiger partial charge on any atom is -0.373 e. The van der Waals surface area contributed by atoms with Crippen LogP contribution in [-0.2, 0) is 16.1 Å². The molecule has 0 spiro atoms. The molecule has 2 nitrogen and oxygen atoms in total. The maximum atomic E-state index is 11.5. The highest BCUT2D eigenvalue weighted by atomic mass is 16.5. The fourth-order valence-corrected chi connectivity index (χ4v) is 4.40. The highest BCUT2D eigenvalue weighted by Crippen LogP contribution is 2.51. The molecule has 0 saturated heterocycles. The molecule has 0 heterocycles. The topological polar surface area (TPSA) is 26.3 Å². The normalized spacial score (nSPS) is 28.5. The summed E-state index contributed by atoms with van der Waals surface area (Å²) in [7, 11) is 0. The van der Waals surface area contributed by atoms with E-state index in [0.717, 1.165) is 19.3 Å². The van der Waals surface area contributed by atoms with Crippen molar-refractivity contribution in [1.82, 2.24) is 0 Å². The molecule has 2 rings (SSSR count). The second kappa shape index (κ2) is 7.92. The van der Waals surface area contributed by atoms with Gasteiger partial charge in [-0.1, -0.05) is 50.3 Å². The Morgan fingerprint density at radius 1 is 1.39 bits per heavy atom. The summed E-state index contributed by atoms with van der Waals surface area (Å²) in [6, 6.07) is 10.3. The molecule has 1 aromatic rings. The Labute approximate surface area is 140 Å². The van der Waals surface area contributed by atoms with Gasteiger partial charge in [-0.25, -0.2) is 0 Å². The first-order chi connectivity index (χ1) is 11.0. The van der Waals surface area contributed by atoms with Gasteiger partial charge in [-0.05, 0) is 43.6 Å². The maximum absolute atomic E-state index is 11.5. The number of allylic oxidation sites excluding steroid dienone is 1. The van der Waals surface area contributed by atoms with Gasteiger partial charge in [-0.2, -0.15) is 0 Å². The van der Waals surface area contributed by atoms with Gasteiger partial charge in [0, 0.05) is 11.8 Å². The zero-order valence-electron chi connectivity index (χ0n) is 14.8. The number of rotatable bonds is 8. The molecule has 1 aliphatic carbocycles. The Kier molecular flexibility index (Phi) is 6.17. The van der Waals surface area contributed by atoms with Crippen LogP contribution in [0.1, 0.15) is 52.0 Å². The maximum Gasteiger partial charge on any atom is 0.130 e. The lowest BCUT2D eigenvalue weighted by Crippen LogP contribution is -2.37. The van der Waals surface area contributed by atoms with Crippen LogP contribution >= 0.6 is 0 Å². The van der Waals surface area contributed by atoms with Gasteiger partial charge in [0.1, 0.15) is 5.78 Å². The third kappa shape index (κ3) is 4.32. The summed E-state index contributed by atoms with van der Waals surface area (Å²) < 4.78 is 6.31. The van der Waals surface area contributed by atoms with Gasteiger partial charge in [0.2, 0.25) is 0 Å². The van der Waals surface area contributed by atoms with Crippen LogP contribution in [-0.4, -0.2) is 11.9 Å². The minimum absolute atomic E-state index is 0.0748. The molecule has 2 heteroatoms. The molecule has 1 saturated carbocycles. The molecule has 4 atom stereocenters. The van der Waals surface area contributed by atoms with Crippen LogP contribution in [0.2, 0.25) is 0 Å². The van der Waals surface area contributed by atoms with Crippen LogP contribution in [0.3, 0.4) is 0 Å². The third-order valence-electron chi connectivity index (χ3n) is 5.50. The monoisotopic (exact) mass is 314 g/mol. The molecule has 126 valence electrons. The largest absolute Gasteiger partial charge is 0.373 e. The third-order valence-corrected chi connectivity index (χ3v) is 5.50. The first kappa shape index (κ1) is 17.9. The van der Waals surface area contributed by atoms with E-state index in [0.29, 0.717) is 24.9 Å². The minimum atomic E-state index is 0.0748. The Bertz CT molecular complexity index is 522. The molecule has 0 aromatic heterocycles. The summed E-state index contributed by atoms with van der Waals surface area (Å²) in [6.45, 7) is 10.8. The van der Waals surface area contributed by atoms with Gasteiger partial charge in [-0.15, -0.1) is 6.58 Å².